The maximum absolute atomic E-state index is 12.1. The average Bonchev–Trinajstić information content (AvgIpc) is 3.39. The summed E-state index contributed by atoms with van der Waals surface area (Å²) in [5, 5.41) is 8.19. The molecule has 3 aromatic rings. The Morgan fingerprint density at radius 2 is 2.11 bits per heavy atom. The molecule has 144 valence electrons. The van der Waals surface area contributed by atoms with Crippen molar-refractivity contribution in [1.29, 1.82) is 0 Å². The van der Waals surface area contributed by atoms with E-state index in [4.69, 9.17) is 11.6 Å². The number of H-pyrrole nitrogens is 1. The van der Waals surface area contributed by atoms with Crippen molar-refractivity contribution >= 4 is 28.7 Å². The van der Waals surface area contributed by atoms with E-state index < -0.39 is 0 Å². The molecule has 0 bridgehead atoms. The van der Waals surface area contributed by atoms with Crippen LogP contribution in [0.4, 0.5) is 5.82 Å². The fourth-order valence-electron chi connectivity index (χ4n) is 3.00. The van der Waals surface area contributed by atoms with Gasteiger partial charge in [-0.1, -0.05) is 24.3 Å². The van der Waals surface area contributed by atoms with Crippen molar-refractivity contribution in [2.24, 2.45) is 22.6 Å². The van der Waals surface area contributed by atoms with E-state index in [9.17, 15) is 4.79 Å². The smallest absolute Gasteiger partial charge is 0.228 e. The Balaban J connectivity index is 1.61. The van der Waals surface area contributed by atoms with Crippen molar-refractivity contribution in [1.82, 2.24) is 20.1 Å². The Kier molecular flexibility index (Phi) is 4.66. The zero-order valence-electron chi connectivity index (χ0n) is 15.5. The van der Waals surface area contributed by atoms with E-state index in [1.54, 1.807) is 13.3 Å². The molecule has 9 heteroatoms. The molecule has 9 nitrogen and oxygen atoms in total. The van der Waals surface area contributed by atoms with Gasteiger partial charge in [0.25, 0.3) is 0 Å². The molecule has 0 spiro atoms. The summed E-state index contributed by atoms with van der Waals surface area (Å²) < 4.78 is 0. The molecular weight excluding hydrogens is 356 g/mol. The number of amidine groups is 1. The van der Waals surface area contributed by atoms with Crippen LogP contribution in [0.3, 0.4) is 0 Å². The average molecular weight is 378 g/mol. The van der Waals surface area contributed by atoms with Gasteiger partial charge in [0.1, 0.15) is 17.2 Å². The third-order valence-electron chi connectivity index (χ3n) is 4.48. The lowest BCUT2D eigenvalue weighted by Gasteiger charge is -2.13. The number of anilines is 1. The molecule has 1 saturated carbocycles. The van der Waals surface area contributed by atoms with Gasteiger partial charge in [-0.15, -0.1) is 5.10 Å². The third kappa shape index (κ3) is 3.94. The number of aromatic nitrogens is 3. The lowest BCUT2D eigenvalue weighted by molar-refractivity contribution is -0.117. The van der Waals surface area contributed by atoms with Crippen LogP contribution in [-0.2, 0) is 11.3 Å². The Labute approximate surface area is 161 Å². The third-order valence-corrected chi connectivity index (χ3v) is 4.48. The number of fused-ring (bicyclic) bond motifs is 1. The van der Waals surface area contributed by atoms with Crippen molar-refractivity contribution in [3.63, 3.8) is 0 Å². The van der Waals surface area contributed by atoms with Crippen LogP contribution < -0.4 is 16.9 Å². The van der Waals surface area contributed by atoms with Gasteiger partial charge in [0.05, 0.1) is 12.9 Å². The molecule has 0 unspecified atom stereocenters. The fourth-order valence-corrected chi connectivity index (χ4v) is 3.00. The summed E-state index contributed by atoms with van der Waals surface area (Å²) in [6, 6.07) is 9.77. The highest BCUT2D eigenvalue weighted by Gasteiger charge is 2.30. The van der Waals surface area contributed by atoms with Gasteiger partial charge in [-0.25, -0.2) is 20.9 Å². The van der Waals surface area contributed by atoms with E-state index in [1.165, 1.54) is 5.12 Å². The number of pyridine rings is 1. The lowest BCUT2D eigenvalue weighted by atomic mass is 10.0. The first-order chi connectivity index (χ1) is 13.5. The molecule has 1 aliphatic carbocycles. The molecule has 0 radical (unpaired) electrons. The molecule has 6 N–H and O–H groups in total. The summed E-state index contributed by atoms with van der Waals surface area (Å²) in [7, 11) is 0. The number of imidazole rings is 1. The van der Waals surface area contributed by atoms with Gasteiger partial charge in [0.15, 0.2) is 5.65 Å². The van der Waals surface area contributed by atoms with E-state index in [0.717, 1.165) is 35.0 Å². The molecule has 4 rings (SSSR count). The second-order valence-electron chi connectivity index (χ2n) is 6.95. The number of nitrogens with one attached hydrogen (secondary N) is 2. The summed E-state index contributed by atoms with van der Waals surface area (Å²) >= 11 is 0. The summed E-state index contributed by atoms with van der Waals surface area (Å²) in [4.78, 5) is 24.0. The number of hydrogen-bond donors (Lipinski definition) is 4. The Hall–Kier alpha value is -3.46. The minimum Gasteiger partial charge on any atom is -0.386 e. The molecule has 2 heterocycles. The van der Waals surface area contributed by atoms with Crippen molar-refractivity contribution in [2.75, 3.05) is 5.32 Å². The molecule has 28 heavy (non-hydrogen) atoms. The number of rotatable bonds is 6. The number of benzene rings is 1. The Bertz CT molecular complexity index is 1030. The molecule has 0 atom stereocenters. The summed E-state index contributed by atoms with van der Waals surface area (Å²) in [6.45, 7) is 2.12. The number of nitrogens with two attached hydrogens (primary N) is 2. The number of nitrogens with zero attached hydrogens (tertiary/aromatic N) is 4. The first kappa shape index (κ1) is 17.9. The minimum absolute atomic E-state index is 0.0199. The normalized spacial score (nSPS) is 14.3. The summed E-state index contributed by atoms with van der Waals surface area (Å²) in [5.74, 6) is 6.87. The Morgan fingerprint density at radius 1 is 1.36 bits per heavy atom. The number of amides is 1. The molecule has 1 fully saturated rings. The van der Waals surface area contributed by atoms with E-state index in [1.807, 2.05) is 30.3 Å². The van der Waals surface area contributed by atoms with E-state index in [0.29, 0.717) is 23.8 Å². The SMILES string of the molecule is C/C(N)=N/N(N)Cc1ccc(-c2cc(NC(=O)C3CC3)nc3[nH]cnc23)cc1. The van der Waals surface area contributed by atoms with Crippen LogP contribution in [0.2, 0.25) is 0 Å². The zero-order valence-corrected chi connectivity index (χ0v) is 15.5. The minimum atomic E-state index is 0.0199. The summed E-state index contributed by atoms with van der Waals surface area (Å²) in [5.41, 5.74) is 9.78. The predicted molar refractivity (Wildman–Crippen MR) is 108 cm³/mol. The van der Waals surface area contributed by atoms with Gasteiger partial charge in [0.2, 0.25) is 5.91 Å². The first-order valence-corrected chi connectivity index (χ1v) is 9.07. The highest BCUT2D eigenvalue weighted by Crippen LogP contribution is 2.32. The van der Waals surface area contributed by atoms with Gasteiger partial charge in [-0.3, -0.25) is 4.79 Å². The van der Waals surface area contributed by atoms with Gasteiger partial charge < -0.3 is 16.0 Å². The second kappa shape index (κ2) is 7.28. The maximum atomic E-state index is 12.1. The van der Waals surface area contributed by atoms with Gasteiger partial charge in [0, 0.05) is 11.5 Å². The molecule has 1 aromatic carbocycles. The monoisotopic (exact) mass is 378 g/mol. The van der Waals surface area contributed by atoms with Crippen LogP contribution in [0.1, 0.15) is 25.3 Å². The Morgan fingerprint density at radius 3 is 2.79 bits per heavy atom. The van der Waals surface area contributed by atoms with Crippen molar-refractivity contribution in [3.05, 3.63) is 42.2 Å². The first-order valence-electron chi connectivity index (χ1n) is 9.07. The highest BCUT2D eigenvalue weighted by atomic mass is 16.2. The van der Waals surface area contributed by atoms with Crippen LogP contribution in [-0.4, -0.2) is 31.8 Å². The summed E-state index contributed by atoms with van der Waals surface area (Å²) in [6.07, 6.45) is 3.48. The van der Waals surface area contributed by atoms with Crippen molar-refractivity contribution < 1.29 is 4.79 Å². The highest BCUT2D eigenvalue weighted by molar-refractivity contribution is 5.97. The van der Waals surface area contributed by atoms with Gasteiger partial charge in [-0.2, -0.15) is 0 Å². The van der Waals surface area contributed by atoms with Crippen LogP contribution in [0.15, 0.2) is 41.8 Å². The number of hydrogen-bond acceptors (Lipinski definition) is 6. The van der Waals surface area contributed by atoms with E-state index in [2.05, 4.69) is 25.4 Å². The van der Waals surface area contributed by atoms with Gasteiger partial charge in [-0.05, 0) is 37.0 Å². The number of hydrazine groups is 1. The standard InChI is InChI=1S/C19H22N8O/c1-11(20)26-27(21)9-12-2-4-13(5-3-12)15-8-16(25-19(28)14-6-7-14)24-18-17(15)22-10-23-18/h2-5,8,10,14H,6-7,9,21H2,1H3,(H2,20,26)(H2,22,23,24,25,28). The lowest BCUT2D eigenvalue weighted by Crippen LogP contribution is -2.27. The predicted octanol–water partition coefficient (Wildman–Crippen LogP) is 1.94. The number of aromatic amines is 1. The van der Waals surface area contributed by atoms with E-state index >= 15 is 0 Å². The fraction of sp³-hybridized carbons (Fsp3) is 0.263. The molecule has 1 amide bonds. The molecular formula is C19H22N8O. The zero-order chi connectivity index (χ0) is 19.7. The van der Waals surface area contributed by atoms with Crippen LogP contribution in [0.5, 0.6) is 0 Å². The van der Waals surface area contributed by atoms with Crippen LogP contribution >= 0.6 is 0 Å². The van der Waals surface area contributed by atoms with Gasteiger partial charge >= 0.3 is 0 Å². The maximum Gasteiger partial charge on any atom is 0.228 e. The quantitative estimate of drug-likeness (QED) is 0.224. The topological polar surface area (TPSA) is 138 Å². The molecule has 1 aliphatic rings. The largest absolute Gasteiger partial charge is 0.386 e. The number of hydrazone groups is 1. The number of carbonyl (C=O) groups is 1. The second-order valence-corrected chi connectivity index (χ2v) is 6.95. The molecule has 2 aromatic heterocycles. The molecule has 0 saturated heterocycles. The van der Waals surface area contributed by atoms with Crippen LogP contribution in [0, 0.1) is 5.92 Å². The van der Waals surface area contributed by atoms with Crippen LogP contribution in [0.25, 0.3) is 22.3 Å². The number of carbonyl (C=O) groups excluding carboxylic acids is 1. The molecule has 0 aliphatic heterocycles. The van der Waals surface area contributed by atoms with Crippen molar-refractivity contribution in [3.8, 4) is 11.1 Å². The van der Waals surface area contributed by atoms with Crippen molar-refractivity contribution in [2.45, 2.75) is 26.3 Å². The van der Waals surface area contributed by atoms with E-state index in [-0.39, 0.29) is 11.8 Å².